The van der Waals surface area contributed by atoms with E-state index < -0.39 is 0 Å². The van der Waals surface area contributed by atoms with Gasteiger partial charge in [-0.05, 0) is 12.5 Å². The van der Waals surface area contributed by atoms with Gasteiger partial charge in [-0.3, -0.25) is 0 Å². The van der Waals surface area contributed by atoms with Crippen molar-refractivity contribution >= 4 is 5.82 Å². The van der Waals surface area contributed by atoms with Crippen LogP contribution in [0.15, 0.2) is 12.1 Å². The van der Waals surface area contributed by atoms with Gasteiger partial charge in [0.25, 0.3) is 0 Å². The Labute approximate surface area is 95.8 Å². The van der Waals surface area contributed by atoms with Crippen LogP contribution in [0, 0.1) is 6.92 Å². The topological polar surface area (TPSA) is 71.6 Å². The second-order valence-corrected chi connectivity index (χ2v) is 3.49. The first kappa shape index (κ1) is 12.7. The summed E-state index contributed by atoms with van der Waals surface area (Å²) < 4.78 is 5.08. The number of aliphatic hydroxyl groups excluding tert-OH is 1. The second-order valence-electron chi connectivity index (χ2n) is 3.49. The number of nitrogens with zero attached hydrogens (tertiary/aromatic N) is 2. The Morgan fingerprint density at radius 1 is 1.44 bits per heavy atom. The molecule has 0 spiro atoms. The van der Waals surface area contributed by atoms with E-state index in [4.69, 9.17) is 15.6 Å². The lowest BCUT2D eigenvalue weighted by Crippen LogP contribution is -2.33. The molecule has 0 atom stereocenters. The standard InChI is InChI=1S/C11H19N3O2/c1-9-3-4-10(16-2)13-11(9)14(6-5-12)7-8-15/h3-4,15H,5-8,12H2,1-2H3. The zero-order valence-electron chi connectivity index (χ0n) is 9.81. The average molecular weight is 225 g/mol. The maximum Gasteiger partial charge on any atom is 0.214 e. The maximum absolute atomic E-state index is 9.00. The first-order valence-electron chi connectivity index (χ1n) is 5.30. The van der Waals surface area contributed by atoms with Crippen LogP contribution in [-0.2, 0) is 0 Å². The molecule has 0 saturated carbocycles. The van der Waals surface area contributed by atoms with E-state index >= 15 is 0 Å². The molecule has 3 N–H and O–H groups in total. The molecule has 1 aromatic heterocycles. The summed E-state index contributed by atoms with van der Waals surface area (Å²) in [7, 11) is 1.58. The second kappa shape index (κ2) is 6.30. The molecule has 0 bridgehead atoms. The SMILES string of the molecule is COc1ccc(C)c(N(CCN)CCO)n1. The average Bonchev–Trinajstić information content (AvgIpc) is 2.29. The van der Waals surface area contributed by atoms with Crippen LogP contribution in [0.2, 0.25) is 0 Å². The number of hydrogen-bond donors (Lipinski definition) is 2. The minimum Gasteiger partial charge on any atom is -0.481 e. The highest BCUT2D eigenvalue weighted by atomic mass is 16.5. The van der Waals surface area contributed by atoms with Gasteiger partial charge in [-0.1, -0.05) is 6.07 Å². The van der Waals surface area contributed by atoms with Gasteiger partial charge >= 0.3 is 0 Å². The molecule has 0 aromatic carbocycles. The molecule has 0 aliphatic heterocycles. The summed E-state index contributed by atoms with van der Waals surface area (Å²) in [5.41, 5.74) is 6.58. The van der Waals surface area contributed by atoms with Crippen LogP contribution in [-0.4, -0.2) is 43.4 Å². The number of methoxy groups -OCH3 is 1. The molecule has 1 aromatic rings. The molecule has 5 heteroatoms. The Morgan fingerprint density at radius 3 is 2.75 bits per heavy atom. The van der Waals surface area contributed by atoms with Gasteiger partial charge in [0, 0.05) is 25.7 Å². The zero-order valence-corrected chi connectivity index (χ0v) is 9.81. The summed E-state index contributed by atoms with van der Waals surface area (Å²) in [4.78, 5) is 6.32. The third-order valence-corrected chi connectivity index (χ3v) is 2.32. The van der Waals surface area contributed by atoms with Gasteiger partial charge in [0.2, 0.25) is 5.88 Å². The van der Waals surface area contributed by atoms with Crippen molar-refractivity contribution < 1.29 is 9.84 Å². The molecule has 1 heterocycles. The molecular weight excluding hydrogens is 206 g/mol. The molecule has 1 rings (SSSR count). The van der Waals surface area contributed by atoms with Crippen LogP contribution >= 0.6 is 0 Å². The summed E-state index contributed by atoms with van der Waals surface area (Å²) in [6, 6.07) is 3.76. The largest absolute Gasteiger partial charge is 0.481 e. The van der Waals surface area contributed by atoms with E-state index in [0.717, 1.165) is 11.4 Å². The minimum atomic E-state index is 0.0817. The van der Waals surface area contributed by atoms with Crippen molar-refractivity contribution in [2.45, 2.75) is 6.92 Å². The minimum absolute atomic E-state index is 0.0817. The molecule has 0 aliphatic carbocycles. The normalized spacial score (nSPS) is 10.2. The molecule has 0 fully saturated rings. The number of pyridine rings is 1. The van der Waals surface area contributed by atoms with E-state index in [1.807, 2.05) is 24.0 Å². The molecule has 0 saturated heterocycles. The highest BCUT2D eigenvalue weighted by Crippen LogP contribution is 2.20. The Balaban J connectivity index is 2.96. The number of aliphatic hydroxyl groups is 1. The van der Waals surface area contributed by atoms with Gasteiger partial charge < -0.3 is 20.5 Å². The van der Waals surface area contributed by atoms with Crippen molar-refractivity contribution in [1.82, 2.24) is 4.98 Å². The molecule has 0 aliphatic rings. The van der Waals surface area contributed by atoms with Crippen LogP contribution in [0.25, 0.3) is 0 Å². The van der Waals surface area contributed by atoms with E-state index in [0.29, 0.717) is 25.5 Å². The van der Waals surface area contributed by atoms with Gasteiger partial charge in [0.1, 0.15) is 5.82 Å². The lowest BCUT2D eigenvalue weighted by atomic mass is 10.2. The summed E-state index contributed by atoms with van der Waals surface area (Å²) in [6.45, 7) is 3.78. The Morgan fingerprint density at radius 2 is 2.19 bits per heavy atom. The summed E-state index contributed by atoms with van der Waals surface area (Å²) in [5.74, 6) is 1.39. The molecule has 0 radical (unpaired) electrons. The van der Waals surface area contributed by atoms with E-state index in [-0.39, 0.29) is 6.61 Å². The van der Waals surface area contributed by atoms with E-state index in [9.17, 15) is 0 Å². The number of aryl methyl sites for hydroxylation is 1. The molecule has 0 amide bonds. The molecule has 16 heavy (non-hydrogen) atoms. The first-order valence-corrected chi connectivity index (χ1v) is 5.30. The molecule has 0 unspecified atom stereocenters. The van der Waals surface area contributed by atoms with E-state index in [1.54, 1.807) is 7.11 Å². The van der Waals surface area contributed by atoms with Crippen molar-refractivity contribution in [1.29, 1.82) is 0 Å². The van der Waals surface area contributed by atoms with Crippen LogP contribution in [0.3, 0.4) is 0 Å². The van der Waals surface area contributed by atoms with Gasteiger partial charge in [-0.15, -0.1) is 0 Å². The highest BCUT2D eigenvalue weighted by molar-refractivity contribution is 5.48. The van der Waals surface area contributed by atoms with Crippen molar-refractivity contribution in [2.24, 2.45) is 5.73 Å². The van der Waals surface area contributed by atoms with Crippen molar-refractivity contribution in [3.8, 4) is 5.88 Å². The van der Waals surface area contributed by atoms with Gasteiger partial charge in [-0.2, -0.15) is 4.98 Å². The van der Waals surface area contributed by atoms with E-state index in [1.165, 1.54) is 0 Å². The number of anilines is 1. The van der Waals surface area contributed by atoms with Gasteiger partial charge in [0.15, 0.2) is 0 Å². The molecular formula is C11H19N3O2. The fourth-order valence-corrected chi connectivity index (χ4v) is 1.53. The van der Waals surface area contributed by atoms with Crippen molar-refractivity contribution in [3.63, 3.8) is 0 Å². The molecule has 5 nitrogen and oxygen atoms in total. The van der Waals surface area contributed by atoms with Gasteiger partial charge in [-0.25, -0.2) is 0 Å². The summed E-state index contributed by atoms with van der Waals surface area (Å²) >= 11 is 0. The Bertz CT molecular complexity index is 325. The number of ether oxygens (including phenoxy) is 1. The quantitative estimate of drug-likeness (QED) is 0.721. The highest BCUT2D eigenvalue weighted by Gasteiger charge is 2.10. The fraction of sp³-hybridized carbons (Fsp3) is 0.545. The zero-order chi connectivity index (χ0) is 12.0. The summed E-state index contributed by atoms with van der Waals surface area (Å²) in [5, 5.41) is 9.00. The lowest BCUT2D eigenvalue weighted by Gasteiger charge is -2.24. The van der Waals surface area contributed by atoms with Gasteiger partial charge in [0.05, 0.1) is 13.7 Å². The number of rotatable bonds is 6. The first-order chi connectivity index (χ1) is 7.72. The summed E-state index contributed by atoms with van der Waals surface area (Å²) in [6.07, 6.45) is 0. The van der Waals surface area contributed by atoms with Crippen LogP contribution < -0.4 is 15.4 Å². The monoisotopic (exact) mass is 225 g/mol. The Kier molecular flexibility index (Phi) is 5.01. The number of nitrogens with two attached hydrogens (primary N) is 1. The third kappa shape index (κ3) is 3.08. The van der Waals surface area contributed by atoms with Crippen LogP contribution in [0.5, 0.6) is 5.88 Å². The third-order valence-electron chi connectivity index (χ3n) is 2.32. The molecule has 90 valence electrons. The van der Waals surface area contributed by atoms with Crippen molar-refractivity contribution in [2.75, 3.05) is 38.3 Å². The van der Waals surface area contributed by atoms with E-state index in [2.05, 4.69) is 4.98 Å². The Hall–Kier alpha value is -1.33. The van der Waals surface area contributed by atoms with Crippen LogP contribution in [0.1, 0.15) is 5.56 Å². The predicted octanol–water partition coefficient (Wildman–Crippen LogP) is 0.156. The smallest absolute Gasteiger partial charge is 0.214 e. The number of aromatic nitrogens is 1. The predicted molar refractivity (Wildman–Crippen MR) is 63.9 cm³/mol. The lowest BCUT2D eigenvalue weighted by molar-refractivity contribution is 0.301. The van der Waals surface area contributed by atoms with Crippen molar-refractivity contribution in [3.05, 3.63) is 17.7 Å². The van der Waals surface area contributed by atoms with Crippen LogP contribution in [0.4, 0.5) is 5.82 Å². The maximum atomic E-state index is 9.00. The number of hydrogen-bond acceptors (Lipinski definition) is 5. The fourth-order valence-electron chi connectivity index (χ4n) is 1.53.